The summed E-state index contributed by atoms with van der Waals surface area (Å²) in [5.41, 5.74) is 3.88. The van der Waals surface area contributed by atoms with Crippen LogP contribution in [0.15, 0.2) is 48.5 Å². The summed E-state index contributed by atoms with van der Waals surface area (Å²) < 4.78 is 0. The number of aromatic nitrogens is 2. The van der Waals surface area contributed by atoms with Crippen molar-refractivity contribution in [3.05, 3.63) is 59.7 Å². The Kier molecular flexibility index (Phi) is 11.2. The quantitative estimate of drug-likeness (QED) is 0.203. The predicted molar refractivity (Wildman–Crippen MR) is 163 cm³/mol. The van der Waals surface area contributed by atoms with Crippen molar-refractivity contribution >= 4 is 22.7 Å². The lowest BCUT2D eigenvalue weighted by Gasteiger charge is -2.29. The van der Waals surface area contributed by atoms with E-state index in [1.54, 1.807) is 0 Å². The molecule has 1 saturated carbocycles. The average Bonchev–Trinajstić information content (AvgIpc) is 2.94. The van der Waals surface area contributed by atoms with E-state index in [9.17, 15) is 0 Å². The van der Waals surface area contributed by atoms with Crippen LogP contribution >= 0.6 is 0 Å². The van der Waals surface area contributed by atoms with Crippen molar-refractivity contribution in [2.24, 2.45) is 5.92 Å². The van der Waals surface area contributed by atoms with Crippen molar-refractivity contribution in [2.45, 2.75) is 96.6 Å². The third kappa shape index (κ3) is 8.69. The van der Waals surface area contributed by atoms with Crippen LogP contribution in [0.4, 0.5) is 11.8 Å². The van der Waals surface area contributed by atoms with Crippen LogP contribution in [-0.4, -0.2) is 36.6 Å². The maximum Gasteiger partial charge on any atom is 0.225 e. The van der Waals surface area contributed by atoms with Gasteiger partial charge in [-0.15, -0.1) is 0 Å². The van der Waals surface area contributed by atoms with Crippen LogP contribution < -0.4 is 15.5 Å². The van der Waals surface area contributed by atoms with Crippen LogP contribution in [0.25, 0.3) is 10.9 Å². The molecular weight excluding hydrogens is 466 g/mol. The summed E-state index contributed by atoms with van der Waals surface area (Å²) in [5, 5.41) is 8.46. The Bertz CT molecular complexity index is 1090. The Labute approximate surface area is 230 Å². The first-order valence-corrected chi connectivity index (χ1v) is 15.1. The zero-order valence-corrected chi connectivity index (χ0v) is 24.0. The number of nitrogens with one attached hydrogen (secondary N) is 2. The van der Waals surface area contributed by atoms with E-state index in [1.165, 1.54) is 88.2 Å². The third-order valence-corrected chi connectivity index (χ3v) is 8.04. The molecule has 0 unspecified atom stereocenters. The van der Waals surface area contributed by atoms with Gasteiger partial charge in [0.25, 0.3) is 0 Å². The number of para-hydroxylation sites is 1. The Balaban J connectivity index is 1.13. The number of benzene rings is 2. The predicted octanol–water partition coefficient (Wildman–Crippen LogP) is 7.75. The van der Waals surface area contributed by atoms with Crippen LogP contribution in [0, 0.1) is 5.92 Å². The number of anilines is 2. The van der Waals surface area contributed by atoms with Gasteiger partial charge in [-0.1, -0.05) is 81.8 Å². The molecule has 1 aliphatic rings. The van der Waals surface area contributed by atoms with E-state index in [2.05, 4.69) is 58.9 Å². The average molecular weight is 516 g/mol. The molecule has 0 radical (unpaired) electrons. The van der Waals surface area contributed by atoms with Gasteiger partial charge in [-0.2, -0.15) is 4.98 Å². The van der Waals surface area contributed by atoms with E-state index < -0.39 is 0 Å². The van der Waals surface area contributed by atoms with Crippen molar-refractivity contribution in [3.8, 4) is 0 Å². The molecule has 1 fully saturated rings. The standard InChI is InChI=1S/C33H49N5/c1-4-5-6-7-8-9-10-13-26-16-18-27(19-17-26)24-34-25-28-20-22-29(23-21-28)35-33-36-31-15-12-11-14-30(31)32(37-33)38(2)3/h11-12,14-19,28-29,34H,4-10,13,20-25H2,1-3H3,(H,35,36,37). The summed E-state index contributed by atoms with van der Waals surface area (Å²) >= 11 is 0. The number of hydrogen-bond acceptors (Lipinski definition) is 5. The molecule has 206 valence electrons. The third-order valence-electron chi connectivity index (χ3n) is 8.04. The van der Waals surface area contributed by atoms with Gasteiger partial charge in [0, 0.05) is 32.1 Å². The molecule has 5 nitrogen and oxygen atoms in total. The highest BCUT2D eigenvalue weighted by molar-refractivity contribution is 5.90. The van der Waals surface area contributed by atoms with Crippen molar-refractivity contribution in [1.29, 1.82) is 0 Å². The molecule has 1 aromatic heterocycles. The zero-order valence-electron chi connectivity index (χ0n) is 24.0. The fourth-order valence-corrected chi connectivity index (χ4v) is 5.69. The minimum absolute atomic E-state index is 0.450. The van der Waals surface area contributed by atoms with Gasteiger partial charge in [-0.25, -0.2) is 4.98 Å². The lowest BCUT2D eigenvalue weighted by atomic mass is 9.86. The van der Waals surface area contributed by atoms with Crippen LogP contribution in [0.1, 0.15) is 88.7 Å². The van der Waals surface area contributed by atoms with E-state index in [4.69, 9.17) is 9.97 Å². The zero-order chi connectivity index (χ0) is 26.6. The molecule has 0 atom stereocenters. The normalized spacial score (nSPS) is 17.6. The fraction of sp³-hybridized carbons (Fsp3) is 0.576. The number of aryl methyl sites for hydroxylation is 1. The first-order valence-electron chi connectivity index (χ1n) is 15.1. The smallest absolute Gasteiger partial charge is 0.225 e. The number of nitrogens with zero attached hydrogens (tertiary/aromatic N) is 3. The Morgan fingerprint density at radius 2 is 1.47 bits per heavy atom. The highest BCUT2D eigenvalue weighted by Gasteiger charge is 2.22. The minimum Gasteiger partial charge on any atom is -0.362 e. The van der Waals surface area contributed by atoms with E-state index in [-0.39, 0.29) is 0 Å². The van der Waals surface area contributed by atoms with Gasteiger partial charge in [0.2, 0.25) is 5.95 Å². The second-order valence-electron chi connectivity index (χ2n) is 11.5. The summed E-state index contributed by atoms with van der Waals surface area (Å²) in [6, 6.07) is 18.0. The van der Waals surface area contributed by atoms with Gasteiger partial charge in [0.15, 0.2) is 0 Å². The maximum atomic E-state index is 4.83. The van der Waals surface area contributed by atoms with Crippen molar-refractivity contribution < 1.29 is 0 Å². The van der Waals surface area contributed by atoms with E-state index in [0.29, 0.717) is 6.04 Å². The van der Waals surface area contributed by atoms with Crippen LogP contribution in [-0.2, 0) is 13.0 Å². The molecular formula is C33H49N5. The fourth-order valence-electron chi connectivity index (χ4n) is 5.69. The number of fused-ring (bicyclic) bond motifs is 1. The largest absolute Gasteiger partial charge is 0.362 e. The first-order chi connectivity index (χ1) is 18.6. The van der Waals surface area contributed by atoms with Gasteiger partial charge in [0.1, 0.15) is 5.82 Å². The molecule has 0 amide bonds. The lowest BCUT2D eigenvalue weighted by molar-refractivity contribution is 0.324. The van der Waals surface area contributed by atoms with Gasteiger partial charge in [-0.3, -0.25) is 0 Å². The Hall–Kier alpha value is -2.66. The van der Waals surface area contributed by atoms with Crippen LogP contribution in [0.5, 0.6) is 0 Å². The molecule has 0 bridgehead atoms. The Morgan fingerprint density at radius 1 is 0.789 bits per heavy atom. The molecule has 38 heavy (non-hydrogen) atoms. The highest BCUT2D eigenvalue weighted by Crippen LogP contribution is 2.28. The van der Waals surface area contributed by atoms with Gasteiger partial charge >= 0.3 is 0 Å². The van der Waals surface area contributed by atoms with Crippen molar-refractivity contribution in [1.82, 2.24) is 15.3 Å². The second kappa shape index (κ2) is 15.1. The number of rotatable bonds is 15. The Morgan fingerprint density at radius 3 is 2.21 bits per heavy atom. The number of unbranched alkanes of at least 4 members (excludes halogenated alkanes) is 6. The monoisotopic (exact) mass is 515 g/mol. The molecule has 3 aromatic rings. The highest BCUT2D eigenvalue weighted by atomic mass is 15.2. The van der Waals surface area contributed by atoms with E-state index in [1.807, 2.05) is 26.2 Å². The van der Waals surface area contributed by atoms with Gasteiger partial charge < -0.3 is 15.5 Å². The first kappa shape index (κ1) is 28.4. The molecule has 2 N–H and O–H groups in total. The molecule has 1 heterocycles. The van der Waals surface area contributed by atoms with Crippen LogP contribution in [0.3, 0.4) is 0 Å². The molecule has 2 aromatic carbocycles. The summed E-state index contributed by atoms with van der Waals surface area (Å²) in [5.74, 6) is 2.48. The van der Waals surface area contributed by atoms with Crippen LogP contribution in [0.2, 0.25) is 0 Å². The molecule has 0 aliphatic heterocycles. The second-order valence-corrected chi connectivity index (χ2v) is 11.5. The van der Waals surface area contributed by atoms with Gasteiger partial charge in [0.05, 0.1) is 5.52 Å². The minimum atomic E-state index is 0.450. The molecule has 5 heteroatoms. The molecule has 0 spiro atoms. The van der Waals surface area contributed by atoms with Crippen molar-refractivity contribution in [3.63, 3.8) is 0 Å². The topological polar surface area (TPSA) is 53.1 Å². The summed E-state index contributed by atoms with van der Waals surface area (Å²) in [4.78, 5) is 11.7. The SMILES string of the molecule is CCCCCCCCCc1ccc(CNCC2CCC(Nc3nc(N(C)C)c4ccccc4n3)CC2)cc1. The summed E-state index contributed by atoms with van der Waals surface area (Å²) in [6.07, 6.45) is 15.7. The van der Waals surface area contributed by atoms with Crippen molar-refractivity contribution in [2.75, 3.05) is 30.9 Å². The van der Waals surface area contributed by atoms with E-state index in [0.717, 1.165) is 41.7 Å². The van der Waals surface area contributed by atoms with E-state index >= 15 is 0 Å². The number of hydrogen-bond donors (Lipinski definition) is 2. The summed E-state index contributed by atoms with van der Waals surface area (Å²) in [6.45, 7) is 4.35. The lowest BCUT2D eigenvalue weighted by Crippen LogP contribution is -2.31. The molecule has 4 rings (SSSR count). The maximum absolute atomic E-state index is 4.83. The van der Waals surface area contributed by atoms with Gasteiger partial charge in [-0.05, 0) is 74.2 Å². The summed E-state index contributed by atoms with van der Waals surface area (Å²) in [7, 11) is 4.09. The molecule has 1 aliphatic carbocycles. The molecule has 0 saturated heterocycles.